The molecule has 0 radical (unpaired) electrons. The molecule has 24 heavy (non-hydrogen) atoms. The van der Waals surface area contributed by atoms with Gasteiger partial charge in [0.05, 0.1) is 10.6 Å². The van der Waals surface area contributed by atoms with Crippen molar-refractivity contribution in [2.24, 2.45) is 0 Å². The van der Waals surface area contributed by atoms with Crippen molar-refractivity contribution in [2.75, 3.05) is 0 Å². The number of hydrogen-bond donors (Lipinski definition) is 2. The van der Waals surface area contributed by atoms with E-state index in [9.17, 15) is 17.9 Å². The highest BCUT2D eigenvalue weighted by atomic mass is 32.2. The van der Waals surface area contributed by atoms with E-state index in [1.165, 1.54) is 30.5 Å². The van der Waals surface area contributed by atoms with Crippen LogP contribution in [0.5, 0.6) is 0 Å². The molecule has 124 valence electrons. The number of aliphatic hydroxyl groups excluding tert-OH is 1. The number of halogens is 1. The summed E-state index contributed by atoms with van der Waals surface area (Å²) >= 11 is 0. The number of aromatic nitrogens is 5. The summed E-state index contributed by atoms with van der Waals surface area (Å²) in [7, 11) is -3.88. The molecule has 8 nitrogen and oxygen atoms in total. The fourth-order valence-corrected chi connectivity index (χ4v) is 3.35. The largest absolute Gasteiger partial charge is 0.381 e. The predicted octanol–water partition coefficient (Wildman–Crippen LogP) is 1.12. The van der Waals surface area contributed by atoms with Crippen molar-refractivity contribution in [1.82, 2.24) is 24.6 Å². The van der Waals surface area contributed by atoms with Crippen molar-refractivity contribution in [3.05, 3.63) is 66.0 Å². The van der Waals surface area contributed by atoms with Crippen LogP contribution in [0.3, 0.4) is 0 Å². The van der Waals surface area contributed by atoms with Gasteiger partial charge in [0, 0.05) is 6.20 Å². The van der Waals surface area contributed by atoms with Gasteiger partial charge in [-0.15, -0.1) is 10.2 Å². The highest BCUT2D eigenvalue weighted by molar-refractivity contribution is 7.90. The van der Waals surface area contributed by atoms with E-state index in [0.717, 1.165) is 16.1 Å². The first-order chi connectivity index (χ1) is 11.5. The monoisotopic (exact) mass is 349 g/mol. The van der Waals surface area contributed by atoms with Gasteiger partial charge in [-0.3, -0.25) is 0 Å². The summed E-state index contributed by atoms with van der Waals surface area (Å²) in [5.41, 5.74) is 0.307. The van der Waals surface area contributed by atoms with E-state index in [0.29, 0.717) is 5.69 Å². The number of nitrogens with one attached hydrogen (secondary N) is 1. The summed E-state index contributed by atoms with van der Waals surface area (Å²) in [6.45, 7) is 0. The summed E-state index contributed by atoms with van der Waals surface area (Å²) in [5.74, 6) is -0.462. The predicted molar refractivity (Wildman–Crippen MR) is 81.6 cm³/mol. The summed E-state index contributed by atoms with van der Waals surface area (Å²) in [6, 6.07) is 7.62. The van der Waals surface area contributed by atoms with Crippen LogP contribution in [0.15, 0.2) is 53.6 Å². The molecule has 1 atom stereocenters. The van der Waals surface area contributed by atoms with Gasteiger partial charge in [-0.25, -0.2) is 16.8 Å². The van der Waals surface area contributed by atoms with Crippen molar-refractivity contribution < 1.29 is 17.9 Å². The normalized spacial score (nSPS) is 13.4. The molecule has 0 amide bonds. The van der Waals surface area contributed by atoms with Crippen LogP contribution in [0.4, 0.5) is 4.39 Å². The second-order valence-corrected chi connectivity index (χ2v) is 6.58. The fourth-order valence-electron chi connectivity index (χ4n) is 2.02. The zero-order valence-electron chi connectivity index (χ0n) is 12.1. The van der Waals surface area contributed by atoms with Gasteiger partial charge in [0.2, 0.25) is 5.82 Å². The van der Waals surface area contributed by atoms with E-state index >= 15 is 0 Å². The summed E-state index contributed by atoms with van der Waals surface area (Å²) in [5, 5.41) is 22.7. The quantitative estimate of drug-likeness (QED) is 0.714. The number of rotatable bonds is 5. The molecular formula is C14H12FN5O3S. The van der Waals surface area contributed by atoms with Crippen LogP contribution in [0.1, 0.15) is 17.6 Å². The van der Waals surface area contributed by atoms with Crippen LogP contribution in [-0.2, 0) is 10.0 Å². The van der Waals surface area contributed by atoms with E-state index in [2.05, 4.69) is 20.6 Å². The molecule has 3 aromatic rings. The number of aromatic amines is 1. The molecule has 0 saturated heterocycles. The van der Waals surface area contributed by atoms with Crippen LogP contribution in [-0.4, -0.2) is 38.1 Å². The number of H-pyrrole nitrogens is 1. The Morgan fingerprint density at radius 3 is 2.67 bits per heavy atom. The minimum absolute atomic E-state index is 0.0477. The van der Waals surface area contributed by atoms with Crippen LogP contribution in [0.25, 0.3) is 6.08 Å². The van der Waals surface area contributed by atoms with Gasteiger partial charge in [-0.2, -0.15) is 5.21 Å². The number of nitrogens with zero attached hydrogens (tertiary/aromatic N) is 4. The van der Waals surface area contributed by atoms with Gasteiger partial charge >= 0.3 is 0 Å². The van der Waals surface area contributed by atoms with E-state index in [1.54, 1.807) is 12.1 Å². The smallest absolute Gasteiger partial charge is 0.268 e. The van der Waals surface area contributed by atoms with Gasteiger partial charge in [-0.1, -0.05) is 5.21 Å². The molecule has 2 aromatic heterocycles. The van der Waals surface area contributed by atoms with E-state index in [-0.39, 0.29) is 10.7 Å². The number of benzene rings is 1. The lowest BCUT2D eigenvalue weighted by Crippen LogP contribution is -2.13. The molecule has 0 aliphatic rings. The Balaban J connectivity index is 1.91. The maximum absolute atomic E-state index is 13.0. The number of aliphatic hydroxyl groups is 1. The maximum Gasteiger partial charge on any atom is 0.268 e. The van der Waals surface area contributed by atoms with Gasteiger partial charge in [0.15, 0.2) is 0 Å². The van der Waals surface area contributed by atoms with Gasteiger partial charge < -0.3 is 5.11 Å². The lowest BCUT2D eigenvalue weighted by atomic mass is 10.3. The lowest BCUT2D eigenvalue weighted by molar-refractivity contribution is 0.219. The Morgan fingerprint density at radius 2 is 2.00 bits per heavy atom. The molecule has 0 spiro atoms. The lowest BCUT2D eigenvalue weighted by Gasteiger charge is -2.08. The van der Waals surface area contributed by atoms with Crippen molar-refractivity contribution in [3.63, 3.8) is 0 Å². The molecule has 0 bridgehead atoms. The van der Waals surface area contributed by atoms with Crippen molar-refractivity contribution >= 4 is 16.1 Å². The third-order valence-corrected chi connectivity index (χ3v) is 4.91. The highest BCUT2D eigenvalue weighted by Gasteiger charge is 2.18. The van der Waals surface area contributed by atoms with Crippen LogP contribution < -0.4 is 0 Å². The minimum atomic E-state index is -3.88. The number of hydrogen-bond acceptors (Lipinski definition) is 6. The zero-order chi connectivity index (χ0) is 17.2. The van der Waals surface area contributed by atoms with E-state index in [4.69, 9.17) is 0 Å². The molecule has 2 N–H and O–H groups in total. The first kappa shape index (κ1) is 16.0. The van der Waals surface area contributed by atoms with Crippen LogP contribution in [0.2, 0.25) is 0 Å². The molecule has 0 fully saturated rings. The minimum Gasteiger partial charge on any atom is -0.381 e. The first-order valence-corrected chi connectivity index (χ1v) is 8.20. The second kappa shape index (κ2) is 6.34. The topological polar surface area (TPSA) is 114 Å². The molecule has 10 heteroatoms. The summed E-state index contributed by atoms with van der Waals surface area (Å²) in [6.07, 6.45) is 2.97. The zero-order valence-corrected chi connectivity index (χ0v) is 12.9. The Bertz CT molecular complexity index is 949. The molecular weight excluding hydrogens is 337 g/mol. The van der Waals surface area contributed by atoms with Crippen molar-refractivity contribution in [2.45, 2.75) is 11.0 Å². The van der Waals surface area contributed by atoms with Crippen LogP contribution >= 0.6 is 0 Å². The summed E-state index contributed by atoms with van der Waals surface area (Å²) in [4.78, 5) is -0.0477. The molecule has 0 aliphatic carbocycles. The Labute approximate surface area is 136 Å². The van der Waals surface area contributed by atoms with E-state index < -0.39 is 21.9 Å². The van der Waals surface area contributed by atoms with Gasteiger partial charge in [-0.05, 0) is 48.6 Å². The van der Waals surface area contributed by atoms with Crippen LogP contribution in [0, 0.1) is 5.82 Å². The van der Waals surface area contributed by atoms with Gasteiger partial charge in [0.25, 0.3) is 10.0 Å². The summed E-state index contributed by atoms with van der Waals surface area (Å²) < 4.78 is 39.2. The van der Waals surface area contributed by atoms with Gasteiger partial charge in [0.1, 0.15) is 11.9 Å². The average molecular weight is 349 g/mol. The maximum atomic E-state index is 13.0. The third kappa shape index (κ3) is 3.09. The fraction of sp³-hybridized carbons (Fsp3) is 0.0714. The molecule has 1 aromatic carbocycles. The standard InChI is InChI=1S/C14H12FN5O3S/c15-10-3-6-12(7-4-10)24(22,23)20-9-1-2-11(20)5-8-13(21)14-16-18-19-17-14/h1-9,13,21H,(H,16,17,18,19). The molecule has 0 saturated carbocycles. The van der Waals surface area contributed by atoms with Crippen molar-refractivity contribution in [3.8, 4) is 0 Å². The Morgan fingerprint density at radius 1 is 1.25 bits per heavy atom. The Hall–Kier alpha value is -2.85. The molecule has 3 rings (SSSR count). The first-order valence-electron chi connectivity index (χ1n) is 6.76. The molecule has 1 unspecified atom stereocenters. The third-order valence-electron chi connectivity index (χ3n) is 3.19. The molecule has 0 aliphatic heterocycles. The SMILES string of the molecule is O=S(=O)(c1ccc(F)cc1)n1cccc1C=CC(O)c1nn[nH]n1. The average Bonchev–Trinajstić information content (AvgIpc) is 3.24. The van der Waals surface area contributed by atoms with Crippen molar-refractivity contribution in [1.29, 1.82) is 0 Å². The Kier molecular flexibility index (Phi) is 4.23. The second-order valence-electron chi connectivity index (χ2n) is 4.76. The molecule has 2 heterocycles. The highest BCUT2D eigenvalue weighted by Crippen LogP contribution is 2.19. The number of tetrazole rings is 1. The van der Waals surface area contributed by atoms with E-state index in [1.807, 2.05) is 0 Å².